The lowest BCUT2D eigenvalue weighted by molar-refractivity contribution is -0.115. The highest BCUT2D eigenvalue weighted by Gasteiger charge is 2.11. The van der Waals surface area contributed by atoms with Crippen LogP contribution in [0.25, 0.3) is 0 Å². The van der Waals surface area contributed by atoms with Gasteiger partial charge < -0.3 is 5.32 Å². The van der Waals surface area contributed by atoms with E-state index in [-0.39, 0.29) is 16.6 Å². The molecule has 5 heteroatoms. The number of hydrogen-bond acceptors (Lipinski definition) is 1. The summed E-state index contributed by atoms with van der Waals surface area (Å²) in [6, 6.07) is 11.0. The van der Waals surface area contributed by atoms with Crippen molar-refractivity contribution < 1.29 is 13.6 Å². The van der Waals surface area contributed by atoms with E-state index in [4.69, 9.17) is 0 Å². The first-order valence-corrected chi connectivity index (χ1v) is 6.34. The highest BCUT2D eigenvalue weighted by Crippen LogP contribution is 2.23. The number of amides is 1. The average Bonchev–Trinajstić information content (AvgIpc) is 2.37. The number of carbonyl (C=O) groups excluding carboxylic acids is 1. The fourth-order valence-corrected chi connectivity index (χ4v) is 1.91. The molecule has 2 aromatic carbocycles. The van der Waals surface area contributed by atoms with Gasteiger partial charge in [-0.15, -0.1) is 0 Å². The van der Waals surface area contributed by atoms with Crippen molar-refractivity contribution in [2.45, 2.75) is 6.42 Å². The number of hydrogen-bond donors (Lipinski definition) is 1. The molecule has 1 amide bonds. The van der Waals surface area contributed by atoms with E-state index < -0.39 is 17.5 Å². The van der Waals surface area contributed by atoms with Crippen molar-refractivity contribution in [1.29, 1.82) is 0 Å². The van der Waals surface area contributed by atoms with Crippen LogP contribution < -0.4 is 5.32 Å². The second-order valence-electron chi connectivity index (χ2n) is 3.96. The lowest BCUT2D eigenvalue weighted by Gasteiger charge is -2.07. The van der Waals surface area contributed by atoms with Gasteiger partial charge in [-0.05, 0) is 27.6 Å². The molecule has 0 spiro atoms. The minimum absolute atomic E-state index is 0.0195. The third kappa shape index (κ3) is 3.61. The number of carbonyl (C=O) groups is 1. The summed E-state index contributed by atoms with van der Waals surface area (Å²) in [7, 11) is 0. The first kappa shape index (κ1) is 13.7. The van der Waals surface area contributed by atoms with Gasteiger partial charge in [0.15, 0.2) is 0 Å². The quantitative estimate of drug-likeness (QED) is 0.852. The summed E-state index contributed by atoms with van der Waals surface area (Å²) in [5, 5.41) is 2.35. The van der Waals surface area contributed by atoms with Crippen molar-refractivity contribution in [2.24, 2.45) is 0 Å². The molecule has 0 aliphatic rings. The number of anilines is 1. The van der Waals surface area contributed by atoms with E-state index in [9.17, 15) is 13.6 Å². The Morgan fingerprint density at radius 3 is 2.47 bits per heavy atom. The zero-order valence-corrected chi connectivity index (χ0v) is 11.4. The summed E-state index contributed by atoms with van der Waals surface area (Å²) in [6.07, 6.45) is 0.109. The molecule has 0 saturated heterocycles. The highest BCUT2D eigenvalue weighted by molar-refractivity contribution is 9.10. The Balaban J connectivity index is 2.09. The molecule has 0 radical (unpaired) electrons. The molecule has 19 heavy (non-hydrogen) atoms. The third-order valence-electron chi connectivity index (χ3n) is 2.49. The van der Waals surface area contributed by atoms with Gasteiger partial charge in [0.2, 0.25) is 5.91 Å². The Morgan fingerprint density at radius 1 is 1.11 bits per heavy atom. The molecule has 98 valence electrons. The molecule has 0 aliphatic carbocycles. The van der Waals surface area contributed by atoms with Gasteiger partial charge in [-0.1, -0.05) is 30.3 Å². The Morgan fingerprint density at radius 2 is 1.79 bits per heavy atom. The Labute approximate surface area is 117 Å². The summed E-state index contributed by atoms with van der Waals surface area (Å²) in [5.41, 5.74) is 0.639. The lowest BCUT2D eigenvalue weighted by Crippen LogP contribution is -2.15. The summed E-state index contributed by atoms with van der Waals surface area (Å²) in [6.45, 7) is 0. The minimum atomic E-state index is -0.685. The largest absolute Gasteiger partial charge is 0.323 e. The smallest absolute Gasteiger partial charge is 0.228 e. The van der Waals surface area contributed by atoms with Gasteiger partial charge in [-0.3, -0.25) is 4.79 Å². The van der Waals surface area contributed by atoms with E-state index in [0.29, 0.717) is 0 Å². The van der Waals surface area contributed by atoms with Crippen LogP contribution in [0.2, 0.25) is 0 Å². The monoisotopic (exact) mass is 325 g/mol. The second kappa shape index (κ2) is 5.93. The van der Waals surface area contributed by atoms with Crippen LogP contribution in [0.3, 0.4) is 0 Å². The van der Waals surface area contributed by atoms with E-state index in [1.54, 1.807) is 12.1 Å². The maximum Gasteiger partial charge on any atom is 0.228 e. The van der Waals surface area contributed by atoms with Gasteiger partial charge in [0.1, 0.15) is 11.6 Å². The van der Waals surface area contributed by atoms with E-state index in [1.807, 2.05) is 18.2 Å². The molecular weight excluding hydrogens is 316 g/mol. The summed E-state index contributed by atoms with van der Waals surface area (Å²) in [5.74, 6) is -1.71. The van der Waals surface area contributed by atoms with Crippen molar-refractivity contribution >= 4 is 27.5 Å². The molecule has 0 fully saturated rings. The average molecular weight is 326 g/mol. The van der Waals surface area contributed by atoms with Crippen molar-refractivity contribution in [1.82, 2.24) is 0 Å². The van der Waals surface area contributed by atoms with Crippen LogP contribution >= 0.6 is 15.9 Å². The molecule has 0 saturated carbocycles. The van der Waals surface area contributed by atoms with Gasteiger partial charge in [-0.25, -0.2) is 8.78 Å². The fourth-order valence-electron chi connectivity index (χ4n) is 1.59. The summed E-state index contributed by atoms with van der Waals surface area (Å²) in [4.78, 5) is 11.7. The highest BCUT2D eigenvalue weighted by atomic mass is 79.9. The van der Waals surface area contributed by atoms with Crippen molar-refractivity contribution in [3.8, 4) is 0 Å². The SMILES string of the molecule is O=C(Cc1ccccc1)Nc1cc(F)c(Br)cc1F. The summed E-state index contributed by atoms with van der Waals surface area (Å²) >= 11 is 2.87. The van der Waals surface area contributed by atoms with Crippen LogP contribution in [-0.4, -0.2) is 5.91 Å². The standard InChI is InChI=1S/C14H10BrF2NO/c15-10-7-12(17)13(8-11(10)16)18-14(19)6-9-4-2-1-3-5-9/h1-5,7-8H,6H2,(H,18,19). The minimum Gasteiger partial charge on any atom is -0.323 e. The maximum absolute atomic E-state index is 13.5. The molecule has 0 atom stereocenters. The molecule has 2 nitrogen and oxygen atoms in total. The number of benzene rings is 2. The zero-order chi connectivity index (χ0) is 13.8. The van der Waals surface area contributed by atoms with Crippen LogP contribution in [-0.2, 0) is 11.2 Å². The third-order valence-corrected chi connectivity index (χ3v) is 3.10. The number of nitrogens with one attached hydrogen (secondary N) is 1. The number of rotatable bonds is 3. The van der Waals surface area contributed by atoms with Crippen molar-refractivity contribution in [3.05, 3.63) is 64.1 Å². The predicted octanol–water partition coefficient (Wildman–Crippen LogP) is 3.91. The van der Waals surface area contributed by atoms with Crippen LogP contribution in [0.5, 0.6) is 0 Å². The normalized spacial score (nSPS) is 10.3. The van der Waals surface area contributed by atoms with E-state index in [0.717, 1.165) is 17.7 Å². The first-order valence-electron chi connectivity index (χ1n) is 5.54. The molecule has 2 rings (SSSR count). The van der Waals surface area contributed by atoms with Crippen LogP contribution in [0.15, 0.2) is 46.9 Å². The molecule has 0 unspecified atom stereocenters. The van der Waals surface area contributed by atoms with Gasteiger partial charge >= 0.3 is 0 Å². The second-order valence-corrected chi connectivity index (χ2v) is 4.81. The predicted molar refractivity (Wildman–Crippen MR) is 72.8 cm³/mol. The topological polar surface area (TPSA) is 29.1 Å². The zero-order valence-electron chi connectivity index (χ0n) is 9.79. The molecular formula is C14H10BrF2NO. The van der Waals surface area contributed by atoms with Gasteiger partial charge in [-0.2, -0.15) is 0 Å². The molecule has 0 aliphatic heterocycles. The fraction of sp³-hybridized carbons (Fsp3) is 0.0714. The first-order chi connectivity index (χ1) is 9.06. The number of halogens is 3. The molecule has 0 bridgehead atoms. The molecule has 0 heterocycles. The molecule has 2 aromatic rings. The van der Waals surface area contributed by atoms with Crippen molar-refractivity contribution in [3.63, 3.8) is 0 Å². The van der Waals surface area contributed by atoms with Gasteiger partial charge in [0.05, 0.1) is 16.6 Å². The lowest BCUT2D eigenvalue weighted by atomic mass is 10.1. The van der Waals surface area contributed by atoms with E-state index in [1.165, 1.54) is 0 Å². The van der Waals surface area contributed by atoms with Gasteiger partial charge in [0.25, 0.3) is 0 Å². The Hall–Kier alpha value is -1.75. The molecule has 0 aromatic heterocycles. The summed E-state index contributed by atoms with van der Waals surface area (Å²) < 4.78 is 26.8. The van der Waals surface area contributed by atoms with Gasteiger partial charge in [0, 0.05) is 6.07 Å². The van der Waals surface area contributed by atoms with E-state index in [2.05, 4.69) is 21.2 Å². The molecule has 1 N–H and O–H groups in total. The van der Waals surface area contributed by atoms with Crippen LogP contribution in [0.1, 0.15) is 5.56 Å². The van der Waals surface area contributed by atoms with Crippen molar-refractivity contribution in [2.75, 3.05) is 5.32 Å². The Bertz CT molecular complexity index is 602. The van der Waals surface area contributed by atoms with Crippen LogP contribution in [0.4, 0.5) is 14.5 Å². The van der Waals surface area contributed by atoms with Crippen LogP contribution in [0, 0.1) is 11.6 Å². The van der Waals surface area contributed by atoms with E-state index >= 15 is 0 Å². The maximum atomic E-state index is 13.5. The Kier molecular flexibility index (Phi) is 4.27.